The molecule has 0 heterocycles. The summed E-state index contributed by atoms with van der Waals surface area (Å²) in [4.78, 5) is 0. The maximum Gasteiger partial charge on any atom is 0.120 e. The summed E-state index contributed by atoms with van der Waals surface area (Å²) < 4.78 is 5.41. The van der Waals surface area contributed by atoms with E-state index in [1.54, 1.807) is 19.1 Å². The molecule has 0 bridgehead atoms. The molecular weight excluding hydrogens is 200 g/mol. The first-order valence-corrected chi connectivity index (χ1v) is 5.02. The molecule has 0 aliphatic rings. The highest BCUT2D eigenvalue weighted by Crippen LogP contribution is 2.19. The van der Waals surface area contributed by atoms with Crippen LogP contribution in [0.25, 0.3) is 0 Å². The lowest BCUT2D eigenvalue weighted by Crippen LogP contribution is -2.31. The molecule has 2 nitrogen and oxygen atoms in total. The number of rotatable bonds is 4. The van der Waals surface area contributed by atoms with Crippen LogP contribution in [0.2, 0.25) is 5.02 Å². The molecule has 1 aromatic carbocycles. The van der Waals surface area contributed by atoms with Gasteiger partial charge in [-0.15, -0.1) is 0 Å². The van der Waals surface area contributed by atoms with Gasteiger partial charge in [-0.25, -0.2) is 0 Å². The number of hydrogen-bond donors (Lipinski definition) is 1. The molecule has 1 unspecified atom stereocenters. The molecule has 1 rings (SSSR count). The predicted molar refractivity (Wildman–Crippen MR) is 57.9 cm³/mol. The number of ether oxygens (including phenoxy) is 1. The first-order chi connectivity index (χ1) is 6.53. The Kier molecular flexibility index (Phi) is 3.78. The van der Waals surface area contributed by atoms with E-state index in [1.807, 2.05) is 19.1 Å². The van der Waals surface area contributed by atoms with Gasteiger partial charge < -0.3 is 9.84 Å². The Morgan fingerprint density at radius 3 is 2.79 bits per heavy atom. The summed E-state index contributed by atoms with van der Waals surface area (Å²) in [6.45, 7) is 3.95. The van der Waals surface area contributed by atoms with Crippen molar-refractivity contribution in [3.8, 4) is 5.75 Å². The van der Waals surface area contributed by atoms with E-state index in [4.69, 9.17) is 16.3 Å². The van der Waals surface area contributed by atoms with Crippen LogP contribution in [0.4, 0.5) is 0 Å². The summed E-state index contributed by atoms with van der Waals surface area (Å²) in [5.41, 5.74) is -0.775. The molecule has 0 saturated heterocycles. The number of aliphatic hydroxyl groups is 1. The zero-order chi connectivity index (χ0) is 10.6. The molecule has 3 heteroatoms. The fraction of sp³-hybridized carbons (Fsp3) is 0.455. The Labute approximate surface area is 89.5 Å². The van der Waals surface area contributed by atoms with Crippen LogP contribution in [0, 0.1) is 0 Å². The zero-order valence-electron chi connectivity index (χ0n) is 8.46. The smallest absolute Gasteiger partial charge is 0.120 e. The Bertz CT molecular complexity index is 297. The number of hydrogen-bond acceptors (Lipinski definition) is 2. The van der Waals surface area contributed by atoms with Gasteiger partial charge in [-0.05, 0) is 31.5 Å². The average molecular weight is 215 g/mol. The molecule has 1 aromatic rings. The van der Waals surface area contributed by atoms with E-state index in [9.17, 15) is 5.11 Å². The fourth-order valence-electron chi connectivity index (χ4n) is 0.898. The molecule has 78 valence electrons. The number of benzene rings is 1. The van der Waals surface area contributed by atoms with E-state index in [-0.39, 0.29) is 6.61 Å². The van der Waals surface area contributed by atoms with Gasteiger partial charge in [0.1, 0.15) is 12.4 Å². The minimum Gasteiger partial charge on any atom is -0.491 e. The fourth-order valence-corrected chi connectivity index (χ4v) is 1.08. The second-order valence-corrected chi connectivity index (χ2v) is 4.03. The van der Waals surface area contributed by atoms with Crippen molar-refractivity contribution >= 4 is 11.6 Å². The van der Waals surface area contributed by atoms with Gasteiger partial charge in [0.15, 0.2) is 0 Å². The predicted octanol–water partition coefficient (Wildman–Crippen LogP) is 2.88. The summed E-state index contributed by atoms with van der Waals surface area (Å²) in [6.07, 6.45) is 0.660. The van der Waals surface area contributed by atoms with Gasteiger partial charge in [0.2, 0.25) is 0 Å². The maximum absolute atomic E-state index is 9.70. The molecule has 0 amide bonds. The van der Waals surface area contributed by atoms with Crippen molar-refractivity contribution in [1.29, 1.82) is 0 Å². The van der Waals surface area contributed by atoms with Crippen molar-refractivity contribution < 1.29 is 9.84 Å². The minimum absolute atomic E-state index is 0.282. The summed E-state index contributed by atoms with van der Waals surface area (Å²) >= 11 is 5.79. The first-order valence-electron chi connectivity index (χ1n) is 4.64. The quantitative estimate of drug-likeness (QED) is 0.835. The van der Waals surface area contributed by atoms with Gasteiger partial charge in [0.25, 0.3) is 0 Å². The van der Waals surface area contributed by atoms with Crippen molar-refractivity contribution in [3.05, 3.63) is 29.3 Å². The van der Waals surface area contributed by atoms with Gasteiger partial charge in [-0.2, -0.15) is 0 Å². The standard InChI is InChI=1S/C11H15ClO2/c1-3-11(2,13)8-14-10-6-4-5-9(12)7-10/h4-7,13H,3,8H2,1-2H3. The summed E-state index contributed by atoms with van der Waals surface area (Å²) in [5.74, 6) is 0.686. The Balaban J connectivity index is 2.54. The number of halogens is 1. The zero-order valence-corrected chi connectivity index (χ0v) is 9.21. The monoisotopic (exact) mass is 214 g/mol. The van der Waals surface area contributed by atoms with Gasteiger partial charge in [0, 0.05) is 5.02 Å². The average Bonchev–Trinajstić information content (AvgIpc) is 2.15. The SMILES string of the molecule is CCC(C)(O)COc1cccc(Cl)c1. The minimum atomic E-state index is -0.775. The van der Waals surface area contributed by atoms with Gasteiger partial charge in [-0.1, -0.05) is 24.6 Å². The van der Waals surface area contributed by atoms with E-state index >= 15 is 0 Å². The summed E-state index contributed by atoms with van der Waals surface area (Å²) in [7, 11) is 0. The molecule has 0 fully saturated rings. The van der Waals surface area contributed by atoms with Crippen LogP contribution < -0.4 is 4.74 Å². The molecule has 1 N–H and O–H groups in total. The molecule has 0 radical (unpaired) electrons. The topological polar surface area (TPSA) is 29.5 Å². The lowest BCUT2D eigenvalue weighted by Gasteiger charge is -2.21. The van der Waals surface area contributed by atoms with Crippen LogP contribution in [-0.2, 0) is 0 Å². The molecule has 0 aromatic heterocycles. The van der Waals surface area contributed by atoms with Gasteiger partial charge >= 0.3 is 0 Å². The summed E-state index contributed by atoms with van der Waals surface area (Å²) in [6, 6.07) is 7.15. The van der Waals surface area contributed by atoms with Crippen molar-refractivity contribution in [2.24, 2.45) is 0 Å². The molecule has 14 heavy (non-hydrogen) atoms. The van der Waals surface area contributed by atoms with E-state index < -0.39 is 5.60 Å². The van der Waals surface area contributed by atoms with E-state index in [0.717, 1.165) is 0 Å². The Hall–Kier alpha value is -0.730. The van der Waals surface area contributed by atoms with Crippen molar-refractivity contribution in [2.45, 2.75) is 25.9 Å². The molecule has 0 saturated carbocycles. The van der Waals surface area contributed by atoms with Gasteiger partial charge in [0.05, 0.1) is 5.60 Å². The summed E-state index contributed by atoms with van der Waals surface area (Å²) in [5, 5.41) is 10.3. The maximum atomic E-state index is 9.70. The molecule has 1 atom stereocenters. The lowest BCUT2D eigenvalue weighted by molar-refractivity contribution is 0.00847. The van der Waals surface area contributed by atoms with Crippen molar-refractivity contribution in [3.63, 3.8) is 0 Å². The van der Waals surface area contributed by atoms with Crippen LogP contribution in [-0.4, -0.2) is 17.3 Å². The second kappa shape index (κ2) is 4.67. The third-order valence-corrected chi connectivity index (χ3v) is 2.34. The van der Waals surface area contributed by atoms with Gasteiger partial charge in [-0.3, -0.25) is 0 Å². The van der Waals surface area contributed by atoms with E-state index in [2.05, 4.69) is 0 Å². The second-order valence-electron chi connectivity index (χ2n) is 3.60. The van der Waals surface area contributed by atoms with Crippen LogP contribution in [0.1, 0.15) is 20.3 Å². The van der Waals surface area contributed by atoms with E-state index in [0.29, 0.717) is 17.2 Å². The third-order valence-electron chi connectivity index (χ3n) is 2.11. The van der Waals surface area contributed by atoms with Crippen molar-refractivity contribution in [2.75, 3.05) is 6.61 Å². The first kappa shape index (κ1) is 11.3. The highest BCUT2D eigenvalue weighted by molar-refractivity contribution is 6.30. The van der Waals surface area contributed by atoms with E-state index in [1.165, 1.54) is 0 Å². The van der Waals surface area contributed by atoms with Crippen LogP contribution in [0.15, 0.2) is 24.3 Å². The highest BCUT2D eigenvalue weighted by Gasteiger charge is 2.18. The van der Waals surface area contributed by atoms with Crippen LogP contribution >= 0.6 is 11.6 Å². The van der Waals surface area contributed by atoms with Crippen LogP contribution in [0.3, 0.4) is 0 Å². The lowest BCUT2D eigenvalue weighted by atomic mass is 10.1. The molecule has 0 spiro atoms. The van der Waals surface area contributed by atoms with Crippen molar-refractivity contribution in [1.82, 2.24) is 0 Å². The molecule has 0 aliphatic heterocycles. The highest BCUT2D eigenvalue weighted by atomic mass is 35.5. The Morgan fingerprint density at radius 2 is 2.21 bits per heavy atom. The molecular formula is C11H15ClO2. The third kappa shape index (κ3) is 3.56. The Morgan fingerprint density at radius 1 is 1.50 bits per heavy atom. The molecule has 0 aliphatic carbocycles. The van der Waals surface area contributed by atoms with Crippen LogP contribution in [0.5, 0.6) is 5.75 Å². The normalized spacial score (nSPS) is 14.9. The largest absolute Gasteiger partial charge is 0.491 e.